The highest BCUT2D eigenvalue weighted by atomic mass is 19.1. The molecule has 1 aliphatic rings. The summed E-state index contributed by atoms with van der Waals surface area (Å²) in [4.78, 5) is 28.4. The Bertz CT molecular complexity index is 808. The van der Waals surface area contributed by atoms with Crippen LogP contribution in [0.4, 0.5) is 8.78 Å². The van der Waals surface area contributed by atoms with Gasteiger partial charge in [0, 0.05) is 26.2 Å². The van der Waals surface area contributed by atoms with Crippen molar-refractivity contribution in [2.24, 2.45) is 0 Å². The first-order valence-corrected chi connectivity index (χ1v) is 9.06. The van der Waals surface area contributed by atoms with Crippen LogP contribution in [0, 0.1) is 11.6 Å². The standard InChI is InChI=1S/C21H22F2N2O2/c22-18-8-6-16(7-9-18)14-20(26)24-10-3-11-25(13-12-24)21(27)15-17-4-1-2-5-19(17)23/h1-2,4-9H,3,10-15H2. The molecule has 0 N–H and O–H groups in total. The van der Waals surface area contributed by atoms with E-state index in [0.29, 0.717) is 38.2 Å². The van der Waals surface area contributed by atoms with Gasteiger partial charge in [-0.3, -0.25) is 9.59 Å². The van der Waals surface area contributed by atoms with Crippen molar-refractivity contribution in [2.75, 3.05) is 26.2 Å². The quantitative estimate of drug-likeness (QED) is 0.828. The number of rotatable bonds is 4. The molecule has 142 valence electrons. The maximum absolute atomic E-state index is 13.8. The summed E-state index contributed by atoms with van der Waals surface area (Å²) >= 11 is 0. The predicted molar refractivity (Wildman–Crippen MR) is 98.0 cm³/mol. The molecular weight excluding hydrogens is 350 g/mol. The maximum Gasteiger partial charge on any atom is 0.227 e. The smallest absolute Gasteiger partial charge is 0.227 e. The van der Waals surface area contributed by atoms with Gasteiger partial charge in [-0.15, -0.1) is 0 Å². The molecule has 1 fully saturated rings. The molecule has 2 amide bonds. The molecule has 2 aromatic carbocycles. The first-order valence-electron chi connectivity index (χ1n) is 9.06. The first-order chi connectivity index (χ1) is 13.0. The van der Waals surface area contributed by atoms with E-state index in [4.69, 9.17) is 0 Å². The fourth-order valence-corrected chi connectivity index (χ4v) is 3.22. The SMILES string of the molecule is O=C(Cc1ccc(F)cc1)N1CCCN(C(=O)Cc2ccccc2F)CC1. The molecule has 0 unspecified atom stereocenters. The maximum atomic E-state index is 13.8. The van der Waals surface area contributed by atoms with Crippen LogP contribution in [0.1, 0.15) is 17.5 Å². The molecule has 0 spiro atoms. The van der Waals surface area contributed by atoms with Crippen molar-refractivity contribution in [3.63, 3.8) is 0 Å². The fraction of sp³-hybridized carbons (Fsp3) is 0.333. The highest BCUT2D eigenvalue weighted by molar-refractivity contribution is 5.80. The van der Waals surface area contributed by atoms with E-state index < -0.39 is 0 Å². The zero-order valence-electron chi connectivity index (χ0n) is 15.0. The number of halogens is 2. The Morgan fingerprint density at radius 1 is 0.778 bits per heavy atom. The second kappa shape index (κ2) is 8.75. The number of benzene rings is 2. The van der Waals surface area contributed by atoms with Crippen LogP contribution in [0.3, 0.4) is 0 Å². The number of carbonyl (C=O) groups excluding carboxylic acids is 2. The monoisotopic (exact) mass is 372 g/mol. The van der Waals surface area contributed by atoms with Crippen LogP contribution in [-0.2, 0) is 22.4 Å². The van der Waals surface area contributed by atoms with Crippen molar-refractivity contribution in [1.29, 1.82) is 0 Å². The number of nitrogens with zero attached hydrogens (tertiary/aromatic N) is 2. The van der Waals surface area contributed by atoms with Crippen molar-refractivity contribution in [2.45, 2.75) is 19.3 Å². The lowest BCUT2D eigenvalue weighted by molar-refractivity contribution is -0.132. The van der Waals surface area contributed by atoms with Crippen molar-refractivity contribution in [3.05, 3.63) is 71.3 Å². The van der Waals surface area contributed by atoms with Crippen LogP contribution in [-0.4, -0.2) is 47.8 Å². The molecule has 6 heteroatoms. The van der Waals surface area contributed by atoms with Gasteiger partial charge in [0.05, 0.1) is 12.8 Å². The molecule has 1 heterocycles. The van der Waals surface area contributed by atoms with E-state index in [9.17, 15) is 18.4 Å². The Balaban J connectivity index is 1.55. The minimum Gasteiger partial charge on any atom is -0.341 e. The highest BCUT2D eigenvalue weighted by Crippen LogP contribution is 2.12. The van der Waals surface area contributed by atoms with Crippen LogP contribution in [0.5, 0.6) is 0 Å². The van der Waals surface area contributed by atoms with Crippen LogP contribution >= 0.6 is 0 Å². The Morgan fingerprint density at radius 3 is 2.00 bits per heavy atom. The van der Waals surface area contributed by atoms with Crippen molar-refractivity contribution in [1.82, 2.24) is 9.80 Å². The molecule has 4 nitrogen and oxygen atoms in total. The second-order valence-corrected chi connectivity index (χ2v) is 6.69. The topological polar surface area (TPSA) is 40.6 Å². The summed E-state index contributed by atoms with van der Waals surface area (Å²) in [6.45, 7) is 2.00. The van der Waals surface area contributed by atoms with Crippen molar-refractivity contribution >= 4 is 11.8 Å². The third-order valence-corrected chi connectivity index (χ3v) is 4.77. The van der Waals surface area contributed by atoms with Crippen LogP contribution < -0.4 is 0 Å². The molecule has 1 saturated heterocycles. The van der Waals surface area contributed by atoms with E-state index in [-0.39, 0.29) is 36.3 Å². The molecule has 3 rings (SSSR count). The van der Waals surface area contributed by atoms with Gasteiger partial charge < -0.3 is 9.80 Å². The zero-order chi connectivity index (χ0) is 19.2. The largest absolute Gasteiger partial charge is 0.341 e. The van der Waals surface area contributed by atoms with Gasteiger partial charge in [-0.05, 0) is 35.7 Å². The molecule has 0 radical (unpaired) electrons. The van der Waals surface area contributed by atoms with Gasteiger partial charge in [0.15, 0.2) is 0 Å². The summed E-state index contributed by atoms with van der Waals surface area (Å²) in [5.41, 5.74) is 1.15. The van der Waals surface area contributed by atoms with Gasteiger partial charge in [0.2, 0.25) is 11.8 Å². The van der Waals surface area contributed by atoms with Crippen LogP contribution in [0.15, 0.2) is 48.5 Å². The van der Waals surface area contributed by atoms with Crippen LogP contribution in [0.2, 0.25) is 0 Å². The lowest BCUT2D eigenvalue weighted by atomic mass is 10.1. The summed E-state index contributed by atoms with van der Waals surface area (Å²) in [7, 11) is 0. The van der Waals surface area contributed by atoms with Gasteiger partial charge in [-0.25, -0.2) is 8.78 Å². The fourth-order valence-electron chi connectivity index (χ4n) is 3.22. The molecule has 2 aromatic rings. The van der Waals surface area contributed by atoms with Gasteiger partial charge in [0.25, 0.3) is 0 Å². The lowest BCUT2D eigenvalue weighted by Crippen LogP contribution is -2.38. The Hall–Kier alpha value is -2.76. The average Bonchev–Trinajstić information content (AvgIpc) is 2.92. The van der Waals surface area contributed by atoms with E-state index in [2.05, 4.69) is 0 Å². The molecular formula is C21H22F2N2O2. The number of hydrogen-bond donors (Lipinski definition) is 0. The third kappa shape index (κ3) is 5.12. The van der Waals surface area contributed by atoms with E-state index in [1.807, 2.05) is 0 Å². The Labute approximate surface area is 157 Å². The summed E-state index contributed by atoms with van der Waals surface area (Å²) in [5, 5.41) is 0. The molecule has 0 atom stereocenters. The van der Waals surface area contributed by atoms with Crippen molar-refractivity contribution < 1.29 is 18.4 Å². The van der Waals surface area contributed by atoms with E-state index >= 15 is 0 Å². The summed E-state index contributed by atoms with van der Waals surface area (Å²) < 4.78 is 26.7. The van der Waals surface area contributed by atoms with E-state index in [1.165, 1.54) is 18.2 Å². The predicted octanol–water partition coefficient (Wildman–Crippen LogP) is 2.81. The summed E-state index contributed by atoms with van der Waals surface area (Å²) in [6, 6.07) is 12.2. The van der Waals surface area contributed by atoms with Gasteiger partial charge in [-0.2, -0.15) is 0 Å². The molecule has 1 aliphatic heterocycles. The number of hydrogen-bond acceptors (Lipinski definition) is 2. The highest BCUT2D eigenvalue weighted by Gasteiger charge is 2.22. The molecule has 0 bridgehead atoms. The normalized spacial score (nSPS) is 14.7. The second-order valence-electron chi connectivity index (χ2n) is 6.69. The Morgan fingerprint density at radius 2 is 1.37 bits per heavy atom. The van der Waals surface area contributed by atoms with Gasteiger partial charge in [-0.1, -0.05) is 30.3 Å². The summed E-state index contributed by atoms with van der Waals surface area (Å²) in [6.07, 6.45) is 0.915. The lowest BCUT2D eigenvalue weighted by Gasteiger charge is -2.22. The minimum absolute atomic E-state index is 0.0240. The van der Waals surface area contributed by atoms with Gasteiger partial charge in [0.1, 0.15) is 11.6 Å². The number of amides is 2. The molecule has 0 aliphatic carbocycles. The summed E-state index contributed by atoms with van der Waals surface area (Å²) in [5.74, 6) is -0.875. The van der Waals surface area contributed by atoms with Gasteiger partial charge >= 0.3 is 0 Å². The van der Waals surface area contributed by atoms with Crippen LogP contribution in [0.25, 0.3) is 0 Å². The van der Waals surface area contributed by atoms with Crippen molar-refractivity contribution in [3.8, 4) is 0 Å². The zero-order valence-corrected chi connectivity index (χ0v) is 15.0. The van der Waals surface area contributed by atoms with E-state index in [0.717, 1.165) is 5.56 Å². The molecule has 27 heavy (non-hydrogen) atoms. The average molecular weight is 372 g/mol. The number of carbonyl (C=O) groups is 2. The molecule has 0 saturated carbocycles. The van der Waals surface area contributed by atoms with E-state index in [1.54, 1.807) is 40.1 Å². The minimum atomic E-state index is -0.378. The Kier molecular flexibility index (Phi) is 6.16. The third-order valence-electron chi connectivity index (χ3n) is 4.77. The first kappa shape index (κ1) is 19.0. The molecule has 0 aromatic heterocycles.